The van der Waals surface area contributed by atoms with Gasteiger partial charge in [-0.1, -0.05) is 28.3 Å². The number of rotatable bonds is 5. The van der Waals surface area contributed by atoms with Gasteiger partial charge < -0.3 is 14.6 Å². The number of phenolic OH excluding ortho intramolecular Hbond substituents is 1. The highest BCUT2D eigenvalue weighted by Gasteiger charge is 2.22. The maximum absolute atomic E-state index is 9.94. The Bertz CT molecular complexity index is 1060. The molecule has 3 aromatic rings. The molecule has 0 radical (unpaired) electrons. The minimum Gasteiger partial charge on any atom is -0.506 e. The van der Waals surface area contributed by atoms with E-state index in [-0.39, 0.29) is 29.2 Å². The maximum atomic E-state index is 9.94. The predicted octanol–water partition coefficient (Wildman–Crippen LogP) is 4.45. The summed E-state index contributed by atoms with van der Waals surface area (Å²) in [5, 5.41) is 37.2. The minimum atomic E-state index is -0.702. The van der Waals surface area contributed by atoms with E-state index in [0.29, 0.717) is 27.4 Å². The highest BCUT2D eigenvalue weighted by molar-refractivity contribution is 6.33. The number of anilines is 2. The number of nitrogens with zero attached hydrogens (tertiary/aromatic N) is 4. The number of halogens is 2. The van der Waals surface area contributed by atoms with Crippen LogP contribution >= 0.6 is 23.2 Å². The number of hydrogen-bond acceptors (Lipinski definition) is 7. The van der Waals surface area contributed by atoms with Crippen molar-refractivity contribution in [3.8, 4) is 23.3 Å². The van der Waals surface area contributed by atoms with E-state index in [1.165, 1.54) is 12.1 Å². The lowest BCUT2D eigenvalue weighted by atomic mass is 10.1. The van der Waals surface area contributed by atoms with E-state index in [1.54, 1.807) is 36.9 Å². The lowest BCUT2D eigenvalue weighted by Gasteiger charge is -2.24. The Kier molecular flexibility index (Phi) is 5.75. The molecule has 0 aliphatic rings. The minimum absolute atomic E-state index is 0.0521. The topological polar surface area (TPSA) is 106 Å². The fourth-order valence-corrected chi connectivity index (χ4v) is 3.06. The smallest absolute Gasteiger partial charge is 0.323 e. The van der Waals surface area contributed by atoms with Crippen LogP contribution < -0.4 is 4.90 Å². The van der Waals surface area contributed by atoms with Crippen molar-refractivity contribution >= 4 is 34.9 Å². The van der Waals surface area contributed by atoms with Gasteiger partial charge in [0.25, 0.3) is 0 Å². The van der Waals surface area contributed by atoms with E-state index in [0.717, 1.165) is 0 Å². The van der Waals surface area contributed by atoms with Crippen LogP contribution in [0.25, 0.3) is 11.5 Å². The van der Waals surface area contributed by atoms with Crippen LogP contribution in [0.4, 0.5) is 11.7 Å². The summed E-state index contributed by atoms with van der Waals surface area (Å²) in [6.07, 6.45) is -0.702. The SMILES string of the molecule is Cc1c(N(C[C@H](C)O)c2nnc(-c3ccc(O)c(Cl)c3)o2)ccc(C#N)c1Cl. The van der Waals surface area contributed by atoms with Crippen LogP contribution in [-0.4, -0.2) is 33.1 Å². The summed E-state index contributed by atoms with van der Waals surface area (Å²) in [7, 11) is 0. The first kappa shape index (κ1) is 20.0. The van der Waals surface area contributed by atoms with Crippen molar-refractivity contribution in [3.63, 3.8) is 0 Å². The molecule has 0 unspecified atom stereocenters. The molecule has 0 aliphatic heterocycles. The fourth-order valence-electron chi connectivity index (χ4n) is 2.68. The summed E-state index contributed by atoms with van der Waals surface area (Å²) >= 11 is 12.2. The Balaban J connectivity index is 2.05. The molecule has 0 amide bonds. The van der Waals surface area contributed by atoms with E-state index in [1.807, 2.05) is 6.07 Å². The van der Waals surface area contributed by atoms with Gasteiger partial charge in [0.15, 0.2) is 0 Å². The molecule has 0 bridgehead atoms. The molecule has 0 saturated heterocycles. The second-order valence-electron chi connectivity index (χ2n) is 6.20. The number of aromatic nitrogens is 2. The summed E-state index contributed by atoms with van der Waals surface area (Å²) in [5.74, 6) is 0.147. The third-order valence-electron chi connectivity index (χ3n) is 4.06. The standard InChI is InChI=1S/C19H16Cl2N4O3/c1-10(26)9-25(15-5-3-13(8-22)17(21)11(15)2)19-24-23-18(28-19)12-4-6-16(27)14(20)7-12/h3-7,10,26-27H,9H2,1-2H3/t10-/m0/s1. The molecule has 1 aromatic heterocycles. The van der Waals surface area contributed by atoms with Gasteiger partial charge in [0.2, 0.25) is 5.89 Å². The third-order valence-corrected chi connectivity index (χ3v) is 4.85. The Hall–Kier alpha value is -2.79. The number of aliphatic hydroxyl groups is 1. The van der Waals surface area contributed by atoms with Crippen molar-refractivity contribution in [2.24, 2.45) is 0 Å². The lowest BCUT2D eigenvalue weighted by molar-refractivity contribution is 0.201. The van der Waals surface area contributed by atoms with E-state index < -0.39 is 6.10 Å². The monoisotopic (exact) mass is 418 g/mol. The van der Waals surface area contributed by atoms with Gasteiger partial charge in [-0.15, -0.1) is 5.10 Å². The van der Waals surface area contributed by atoms with Crippen LogP contribution in [-0.2, 0) is 0 Å². The lowest BCUT2D eigenvalue weighted by Crippen LogP contribution is -2.27. The molecule has 1 heterocycles. The van der Waals surface area contributed by atoms with Crippen LogP contribution in [0.3, 0.4) is 0 Å². The van der Waals surface area contributed by atoms with Crippen molar-refractivity contribution in [2.45, 2.75) is 20.0 Å². The normalized spacial score (nSPS) is 11.9. The zero-order chi connectivity index (χ0) is 20.4. The largest absolute Gasteiger partial charge is 0.506 e. The third kappa shape index (κ3) is 3.90. The molecule has 0 fully saturated rings. The molecular formula is C19H16Cl2N4O3. The Morgan fingerprint density at radius 2 is 2.00 bits per heavy atom. The average molecular weight is 419 g/mol. The molecule has 7 nitrogen and oxygen atoms in total. The van der Waals surface area contributed by atoms with Crippen LogP contribution in [0.1, 0.15) is 18.1 Å². The van der Waals surface area contributed by atoms with E-state index in [9.17, 15) is 10.2 Å². The predicted molar refractivity (Wildman–Crippen MR) is 106 cm³/mol. The van der Waals surface area contributed by atoms with Gasteiger partial charge in [-0.2, -0.15) is 5.26 Å². The molecule has 144 valence electrons. The van der Waals surface area contributed by atoms with Crippen molar-refractivity contribution in [2.75, 3.05) is 11.4 Å². The number of hydrogen-bond donors (Lipinski definition) is 2. The molecule has 2 aromatic carbocycles. The fraction of sp³-hybridized carbons (Fsp3) is 0.211. The van der Waals surface area contributed by atoms with Crippen molar-refractivity contribution in [1.29, 1.82) is 5.26 Å². The molecular weight excluding hydrogens is 403 g/mol. The molecule has 0 spiro atoms. The van der Waals surface area contributed by atoms with Crippen molar-refractivity contribution in [3.05, 3.63) is 51.5 Å². The van der Waals surface area contributed by atoms with Crippen LogP contribution in [0.15, 0.2) is 34.7 Å². The highest BCUT2D eigenvalue weighted by Crippen LogP contribution is 2.35. The van der Waals surface area contributed by atoms with Gasteiger partial charge in [0, 0.05) is 11.3 Å². The Morgan fingerprint density at radius 3 is 2.64 bits per heavy atom. The molecule has 2 N–H and O–H groups in total. The van der Waals surface area contributed by atoms with E-state index in [4.69, 9.17) is 32.9 Å². The van der Waals surface area contributed by atoms with Crippen LogP contribution in [0, 0.1) is 18.3 Å². The summed E-state index contributed by atoms with van der Waals surface area (Å²) in [5.41, 5.74) is 2.16. The number of aromatic hydroxyl groups is 1. The number of benzene rings is 2. The van der Waals surface area contributed by atoms with E-state index in [2.05, 4.69) is 10.2 Å². The molecule has 1 atom stereocenters. The quantitative estimate of drug-likeness (QED) is 0.629. The van der Waals surface area contributed by atoms with Crippen molar-refractivity contribution < 1.29 is 14.6 Å². The maximum Gasteiger partial charge on any atom is 0.323 e. The van der Waals surface area contributed by atoms with Gasteiger partial charge in [0.05, 0.1) is 28.3 Å². The first-order valence-electron chi connectivity index (χ1n) is 8.29. The average Bonchev–Trinajstić information content (AvgIpc) is 3.14. The second kappa shape index (κ2) is 8.07. The van der Waals surface area contributed by atoms with E-state index >= 15 is 0 Å². The first-order valence-corrected chi connectivity index (χ1v) is 9.04. The van der Waals surface area contributed by atoms with Gasteiger partial charge in [-0.3, -0.25) is 4.90 Å². The number of nitriles is 1. The van der Waals surface area contributed by atoms with Gasteiger partial charge in [-0.05, 0) is 49.7 Å². The summed E-state index contributed by atoms with van der Waals surface area (Å²) in [4.78, 5) is 1.63. The first-order chi connectivity index (χ1) is 13.3. The Morgan fingerprint density at radius 1 is 1.25 bits per heavy atom. The van der Waals surface area contributed by atoms with Gasteiger partial charge in [0.1, 0.15) is 11.8 Å². The van der Waals surface area contributed by atoms with Crippen LogP contribution in [0.2, 0.25) is 10.0 Å². The molecule has 3 rings (SSSR count). The number of phenols is 1. The van der Waals surface area contributed by atoms with Gasteiger partial charge in [-0.25, -0.2) is 0 Å². The molecule has 0 saturated carbocycles. The second-order valence-corrected chi connectivity index (χ2v) is 6.98. The zero-order valence-electron chi connectivity index (χ0n) is 15.0. The highest BCUT2D eigenvalue weighted by atomic mass is 35.5. The summed E-state index contributed by atoms with van der Waals surface area (Å²) < 4.78 is 5.78. The molecule has 28 heavy (non-hydrogen) atoms. The molecule has 9 heteroatoms. The Labute approximate surface area is 171 Å². The summed E-state index contributed by atoms with van der Waals surface area (Å²) in [6.45, 7) is 3.57. The van der Waals surface area contributed by atoms with Crippen molar-refractivity contribution in [1.82, 2.24) is 10.2 Å². The van der Waals surface area contributed by atoms with Crippen LogP contribution in [0.5, 0.6) is 5.75 Å². The summed E-state index contributed by atoms with van der Waals surface area (Å²) in [6, 6.07) is 10.0. The molecule has 0 aliphatic carbocycles. The van der Waals surface area contributed by atoms with Gasteiger partial charge >= 0.3 is 6.01 Å². The number of aliphatic hydroxyl groups excluding tert-OH is 1. The zero-order valence-corrected chi connectivity index (χ0v) is 16.5.